The van der Waals surface area contributed by atoms with E-state index in [-0.39, 0.29) is 11.7 Å². The van der Waals surface area contributed by atoms with E-state index in [1.807, 2.05) is 30.3 Å². The van der Waals surface area contributed by atoms with E-state index in [1.54, 1.807) is 17.0 Å². The molecule has 0 aliphatic carbocycles. The third kappa shape index (κ3) is 3.89. The molecule has 0 saturated carbocycles. The first-order valence-corrected chi connectivity index (χ1v) is 9.78. The highest BCUT2D eigenvalue weighted by Crippen LogP contribution is 2.31. The first kappa shape index (κ1) is 18.2. The first-order valence-electron chi connectivity index (χ1n) is 8.97. The van der Waals surface area contributed by atoms with Crippen LogP contribution in [-0.4, -0.2) is 47.0 Å². The van der Waals surface area contributed by atoms with Crippen LogP contribution in [0.5, 0.6) is 0 Å². The van der Waals surface area contributed by atoms with E-state index in [0.717, 1.165) is 20.9 Å². The van der Waals surface area contributed by atoms with Crippen molar-refractivity contribution in [3.8, 4) is 0 Å². The van der Waals surface area contributed by atoms with Crippen LogP contribution in [0.15, 0.2) is 48.5 Å². The molecular weight excluding hydrogens is 378 g/mol. The van der Waals surface area contributed by atoms with Crippen molar-refractivity contribution >= 4 is 38.4 Å². The van der Waals surface area contributed by atoms with Gasteiger partial charge in [0.2, 0.25) is 0 Å². The number of carbonyl (C=O) groups is 1. The molecule has 2 heterocycles. The van der Waals surface area contributed by atoms with Crippen molar-refractivity contribution < 1.29 is 9.72 Å². The van der Waals surface area contributed by atoms with Gasteiger partial charge in [0.15, 0.2) is 5.13 Å². The van der Waals surface area contributed by atoms with E-state index in [4.69, 9.17) is 0 Å². The molecule has 4 rings (SSSR count). The Morgan fingerprint density at radius 3 is 2.61 bits per heavy atom. The Hall–Kier alpha value is -3.20. The molecule has 0 spiro atoms. The number of rotatable bonds is 4. The van der Waals surface area contributed by atoms with Crippen molar-refractivity contribution in [2.45, 2.75) is 6.54 Å². The highest BCUT2D eigenvalue weighted by molar-refractivity contribution is 7.22. The molecule has 1 aliphatic rings. The Balaban J connectivity index is 1.35. The quantitative estimate of drug-likeness (QED) is 0.539. The summed E-state index contributed by atoms with van der Waals surface area (Å²) >= 11 is 1.44. The van der Waals surface area contributed by atoms with Gasteiger partial charge in [-0.1, -0.05) is 41.7 Å². The van der Waals surface area contributed by atoms with Gasteiger partial charge < -0.3 is 15.1 Å². The van der Waals surface area contributed by atoms with Gasteiger partial charge in [0.1, 0.15) is 0 Å². The molecule has 2 amide bonds. The number of nitro benzene ring substituents is 1. The molecule has 0 atom stereocenters. The number of non-ortho nitro benzene ring substituents is 1. The first-order chi connectivity index (χ1) is 13.6. The molecule has 0 bridgehead atoms. The number of nitrogens with zero attached hydrogens (tertiary/aromatic N) is 4. The lowest BCUT2D eigenvalue weighted by Gasteiger charge is -2.34. The largest absolute Gasteiger partial charge is 0.345 e. The number of hydrogen-bond donors (Lipinski definition) is 1. The number of anilines is 1. The fourth-order valence-electron chi connectivity index (χ4n) is 3.14. The SMILES string of the molecule is O=C(NCc1ccccc1)N1CCN(c2nc3ccc([N+](=O)[O-])cc3s2)CC1. The second-order valence-electron chi connectivity index (χ2n) is 6.52. The molecule has 3 aromatic rings. The number of nitrogens with one attached hydrogen (secondary N) is 1. The standard InChI is InChI=1S/C19H19N5O3S/c25-18(20-13-14-4-2-1-3-5-14)22-8-10-23(11-9-22)19-21-16-7-6-15(24(26)27)12-17(16)28-19/h1-7,12H,8-11,13H2,(H,20,25). The van der Waals surface area contributed by atoms with Crippen molar-refractivity contribution in [1.29, 1.82) is 0 Å². The van der Waals surface area contributed by atoms with Crippen LogP contribution in [0.1, 0.15) is 5.56 Å². The minimum absolute atomic E-state index is 0.0663. The Bertz CT molecular complexity index is 999. The monoisotopic (exact) mass is 397 g/mol. The van der Waals surface area contributed by atoms with E-state index in [0.29, 0.717) is 32.7 Å². The van der Waals surface area contributed by atoms with Crippen molar-refractivity contribution in [1.82, 2.24) is 15.2 Å². The topological polar surface area (TPSA) is 91.6 Å². The number of nitro groups is 1. The van der Waals surface area contributed by atoms with Crippen LogP contribution >= 0.6 is 11.3 Å². The van der Waals surface area contributed by atoms with Gasteiger partial charge in [0, 0.05) is 44.9 Å². The Morgan fingerprint density at radius 1 is 1.14 bits per heavy atom. The Labute approximate surface area is 165 Å². The summed E-state index contributed by atoms with van der Waals surface area (Å²) in [6, 6.07) is 14.5. The molecule has 0 radical (unpaired) electrons. The lowest BCUT2D eigenvalue weighted by atomic mass is 10.2. The van der Waals surface area contributed by atoms with Gasteiger partial charge in [-0.05, 0) is 11.6 Å². The Kier molecular flexibility index (Phi) is 5.07. The highest BCUT2D eigenvalue weighted by atomic mass is 32.1. The van der Waals surface area contributed by atoms with Crippen LogP contribution in [0.4, 0.5) is 15.6 Å². The lowest BCUT2D eigenvalue weighted by Crippen LogP contribution is -2.51. The molecule has 144 valence electrons. The maximum absolute atomic E-state index is 12.4. The fourth-order valence-corrected chi connectivity index (χ4v) is 4.19. The molecular formula is C19H19N5O3S. The smallest absolute Gasteiger partial charge is 0.317 e. The van der Waals surface area contributed by atoms with E-state index in [9.17, 15) is 14.9 Å². The van der Waals surface area contributed by atoms with Crippen LogP contribution < -0.4 is 10.2 Å². The van der Waals surface area contributed by atoms with Crippen molar-refractivity contribution in [3.05, 3.63) is 64.2 Å². The van der Waals surface area contributed by atoms with Crippen LogP contribution in [0.3, 0.4) is 0 Å². The van der Waals surface area contributed by atoms with E-state index < -0.39 is 4.92 Å². The minimum atomic E-state index is -0.397. The lowest BCUT2D eigenvalue weighted by molar-refractivity contribution is -0.384. The number of amides is 2. The molecule has 28 heavy (non-hydrogen) atoms. The number of carbonyl (C=O) groups excluding carboxylic acids is 1. The predicted molar refractivity (Wildman–Crippen MR) is 109 cm³/mol. The highest BCUT2D eigenvalue weighted by Gasteiger charge is 2.23. The van der Waals surface area contributed by atoms with Gasteiger partial charge in [0.25, 0.3) is 5.69 Å². The zero-order valence-electron chi connectivity index (χ0n) is 15.1. The maximum atomic E-state index is 12.4. The van der Waals surface area contributed by atoms with Crippen LogP contribution in [0.2, 0.25) is 0 Å². The predicted octanol–water partition coefficient (Wildman–Crippen LogP) is 3.24. The minimum Gasteiger partial charge on any atom is -0.345 e. The van der Waals surface area contributed by atoms with Gasteiger partial charge in [0.05, 0.1) is 15.1 Å². The average molecular weight is 397 g/mol. The van der Waals surface area contributed by atoms with Gasteiger partial charge in [-0.3, -0.25) is 10.1 Å². The summed E-state index contributed by atoms with van der Waals surface area (Å²) in [7, 11) is 0. The fraction of sp³-hybridized carbons (Fsp3) is 0.263. The third-order valence-corrected chi connectivity index (χ3v) is 5.77. The summed E-state index contributed by atoms with van der Waals surface area (Å²) in [4.78, 5) is 31.4. The maximum Gasteiger partial charge on any atom is 0.317 e. The molecule has 2 aromatic carbocycles. The van der Waals surface area contributed by atoms with Gasteiger partial charge in [-0.25, -0.2) is 9.78 Å². The third-order valence-electron chi connectivity index (χ3n) is 4.70. The zero-order valence-corrected chi connectivity index (χ0v) is 15.9. The average Bonchev–Trinajstić information content (AvgIpc) is 3.16. The van der Waals surface area contributed by atoms with Gasteiger partial charge in [-0.2, -0.15) is 0 Å². The summed E-state index contributed by atoms with van der Waals surface area (Å²) in [5.74, 6) is 0. The summed E-state index contributed by atoms with van der Waals surface area (Å²) in [6.45, 7) is 3.09. The summed E-state index contributed by atoms with van der Waals surface area (Å²) in [6.07, 6.45) is 0. The molecule has 1 N–H and O–H groups in total. The number of hydrogen-bond acceptors (Lipinski definition) is 6. The number of benzene rings is 2. The molecule has 9 heteroatoms. The van der Waals surface area contributed by atoms with E-state index >= 15 is 0 Å². The molecule has 1 fully saturated rings. The summed E-state index contributed by atoms with van der Waals surface area (Å²) in [5.41, 5.74) is 1.90. The molecule has 0 unspecified atom stereocenters. The molecule has 8 nitrogen and oxygen atoms in total. The van der Waals surface area contributed by atoms with Crippen LogP contribution in [0.25, 0.3) is 10.2 Å². The van der Waals surface area contributed by atoms with Crippen LogP contribution in [0, 0.1) is 10.1 Å². The second kappa shape index (κ2) is 7.81. The van der Waals surface area contributed by atoms with Crippen molar-refractivity contribution in [3.63, 3.8) is 0 Å². The van der Waals surface area contributed by atoms with Crippen LogP contribution in [-0.2, 0) is 6.54 Å². The number of thiazole rings is 1. The van der Waals surface area contributed by atoms with Crippen molar-refractivity contribution in [2.75, 3.05) is 31.1 Å². The zero-order chi connectivity index (χ0) is 19.5. The summed E-state index contributed by atoms with van der Waals surface area (Å²) in [5, 5.41) is 14.7. The molecule has 1 aliphatic heterocycles. The van der Waals surface area contributed by atoms with E-state index in [2.05, 4.69) is 15.2 Å². The van der Waals surface area contributed by atoms with E-state index in [1.165, 1.54) is 17.4 Å². The normalized spacial score (nSPS) is 14.3. The molecule has 1 aromatic heterocycles. The summed E-state index contributed by atoms with van der Waals surface area (Å²) < 4.78 is 0.798. The number of urea groups is 1. The number of aromatic nitrogens is 1. The second-order valence-corrected chi connectivity index (χ2v) is 7.53. The number of fused-ring (bicyclic) bond motifs is 1. The van der Waals surface area contributed by atoms with Gasteiger partial charge in [-0.15, -0.1) is 0 Å². The molecule has 1 saturated heterocycles. The van der Waals surface area contributed by atoms with Gasteiger partial charge >= 0.3 is 6.03 Å². The van der Waals surface area contributed by atoms with Crippen molar-refractivity contribution in [2.24, 2.45) is 0 Å². The Morgan fingerprint density at radius 2 is 1.89 bits per heavy atom. The number of piperazine rings is 1.